The molecule has 27 heavy (non-hydrogen) atoms. The van der Waals surface area contributed by atoms with E-state index >= 15 is 0 Å². The minimum atomic E-state index is -3.03. The molecule has 3 heterocycles. The first-order chi connectivity index (χ1) is 12.9. The molecule has 0 radical (unpaired) electrons. The quantitative estimate of drug-likeness (QED) is 0.668. The van der Waals surface area contributed by atoms with Gasteiger partial charge in [0.1, 0.15) is 17.3 Å². The molecule has 0 bridgehead atoms. The molecule has 0 unspecified atom stereocenters. The topological polar surface area (TPSA) is 94.1 Å². The monoisotopic (exact) mass is 391 g/mol. The Labute approximate surface area is 155 Å². The van der Waals surface area contributed by atoms with E-state index in [2.05, 4.69) is 15.4 Å². The number of hydrogen-bond acceptors (Lipinski definition) is 7. The van der Waals surface area contributed by atoms with Crippen LogP contribution in [0, 0.1) is 12.7 Å². The van der Waals surface area contributed by atoms with Gasteiger partial charge in [-0.25, -0.2) is 12.8 Å². The molecule has 0 aliphatic carbocycles. The third-order valence-electron chi connectivity index (χ3n) is 4.47. The van der Waals surface area contributed by atoms with Crippen molar-refractivity contribution in [2.75, 3.05) is 29.5 Å². The van der Waals surface area contributed by atoms with Gasteiger partial charge in [0.15, 0.2) is 15.7 Å². The summed E-state index contributed by atoms with van der Waals surface area (Å²) in [6.45, 7) is 2.70. The van der Waals surface area contributed by atoms with E-state index < -0.39 is 15.7 Å². The minimum Gasteiger partial charge on any atom is -0.361 e. The molecule has 0 saturated carbocycles. The lowest BCUT2D eigenvalue weighted by atomic mass is 10.2. The van der Waals surface area contributed by atoms with Crippen molar-refractivity contribution in [2.45, 2.75) is 13.5 Å². The highest BCUT2D eigenvalue weighted by Crippen LogP contribution is 2.27. The van der Waals surface area contributed by atoms with Crippen molar-refractivity contribution in [3.63, 3.8) is 0 Å². The maximum absolute atomic E-state index is 14.3. The Morgan fingerprint density at radius 2 is 1.93 bits per heavy atom. The van der Waals surface area contributed by atoms with Gasteiger partial charge in [-0.05, 0) is 19.1 Å². The molecular formula is C17H18FN5O3S. The highest BCUT2D eigenvalue weighted by atomic mass is 32.2. The van der Waals surface area contributed by atoms with Crippen molar-refractivity contribution in [1.82, 2.24) is 19.9 Å². The zero-order chi connectivity index (χ0) is 19.0. The van der Waals surface area contributed by atoms with E-state index in [0.717, 1.165) is 0 Å². The Morgan fingerprint density at radius 1 is 1.19 bits per heavy atom. The molecule has 10 heteroatoms. The maximum atomic E-state index is 14.3. The number of hydrogen-bond donors (Lipinski definition) is 0. The lowest BCUT2D eigenvalue weighted by Gasteiger charge is -2.27. The predicted molar refractivity (Wildman–Crippen MR) is 96.6 cm³/mol. The van der Waals surface area contributed by atoms with Gasteiger partial charge in [-0.15, -0.1) is 10.2 Å². The van der Waals surface area contributed by atoms with Crippen molar-refractivity contribution in [1.29, 1.82) is 0 Å². The second-order valence-corrected chi connectivity index (χ2v) is 8.76. The minimum absolute atomic E-state index is 0.0535. The van der Waals surface area contributed by atoms with E-state index in [1.54, 1.807) is 35.8 Å². The summed E-state index contributed by atoms with van der Waals surface area (Å²) in [5, 5.41) is 12.4. The molecule has 1 aliphatic rings. The number of nitrogens with zero attached hydrogens (tertiary/aromatic N) is 5. The van der Waals surface area contributed by atoms with Crippen molar-refractivity contribution >= 4 is 15.8 Å². The largest absolute Gasteiger partial charge is 0.361 e. The van der Waals surface area contributed by atoms with Crippen LogP contribution >= 0.6 is 0 Å². The third-order valence-corrected chi connectivity index (χ3v) is 6.08. The van der Waals surface area contributed by atoms with Gasteiger partial charge in [-0.1, -0.05) is 17.3 Å². The first-order valence-corrected chi connectivity index (χ1v) is 10.3. The first-order valence-electron chi connectivity index (χ1n) is 8.48. The molecule has 0 N–H and O–H groups in total. The number of benzene rings is 1. The summed E-state index contributed by atoms with van der Waals surface area (Å²) >= 11 is 0. The zero-order valence-electron chi connectivity index (χ0n) is 14.7. The summed E-state index contributed by atoms with van der Waals surface area (Å²) in [6.07, 6.45) is 0. The second-order valence-electron chi connectivity index (χ2n) is 6.46. The number of aromatic nitrogens is 4. The lowest BCUT2D eigenvalue weighted by Crippen LogP contribution is -2.41. The molecule has 4 rings (SSSR count). The van der Waals surface area contributed by atoms with E-state index in [0.29, 0.717) is 41.9 Å². The second kappa shape index (κ2) is 6.76. The fourth-order valence-corrected chi connectivity index (χ4v) is 4.28. The summed E-state index contributed by atoms with van der Waals surface area (Å²) in [7, 11) is -3.03. The van der Waals surface area contributed by atoms with Crippen molar-refractivity contribution in [3.8, 4) is 11.4 Å². The van der Waals surface area contributed by atoms with Gasteiger partial charge in [0, 0.05) is 19.2 Å². The Morgan fingerprint density at radius 3 is 2.59 bits per heavy atom. The van der Waals surface area contributed by atoms with E-state index in [1.165, 1.54) is 6.07 Å². The third kappa shape index (κ3) is 3.57. The summed E-state index contributed by atoms with van der Waals surface area (Å²) < 4.78 is 44.7. The predicted octanol–water partition coefficient (Wildman–Crippen LogP) is 1.66. The summed E-state index contributed by atoms with van der Waals surface area (Å²) in [4.78, 5) is 1.85. The van der Waals surface area contributed by atoms with Crippen LogP contribution in [0.4, 0.5) is 10.3 Å². The molecule has 1 saturated heterocycles. The molecule has 142 valence electrons. The Kier molecular flexibility index (Phi) is 4.42. The number of sulfone groups is 1. The average Bonchev–Trinajstić information content (AvgIpc) is 3.22. The molecule has 0 amide bonds. The molecule has 0 atom stereocenters. The van der Waals surface area contributed by atoms with Gasteiger partial charge in [0.2, 0.25) is 5.95 Å². The van der Waals surface area contributed by atoms with E-state index in [4.69, 9.17) is 4.52 Å². The SMILES string of the molecule is Cc1cc(Cn2c(-c3ccccc3F)nnc2N2CCS(=O)(=O)CC2)no1. The fraction of sp³-hybridized carbons (Fsp3) is 0.353. The Hall–Kier alpha value is -2.75. The molecule has 0 spiro atoms. The molecule has 8 nitrogen and oxygen atoms in total. The molecule has 2 aromatic heterocycles. The highest BCUT2D eigenvalue weighted by molar-refractivity contribution is 7.91. The fourth-order valence-electron chi connectivity index (χ4n) is 3.08. The number of aryl methyl sites for hydroxylation is 1. The van der Waals surface area contributed by atoms with Gasteiger partial charge in [-0.2, -0.15) is 0 Å². The maximum Gasteiger partial charge on any atom is 0.227 e. The van der Waals surface area contributed by atoms with Crippen LogP contribution in [0.3, 0.4) is 0 Å². The Bertz CT molecular complexity index is 1060. The van der Waals surface area contributed by atoms with Gasteiger partial charge in [0.05, 0.1) is 23.6 Å². The standard InChI is InChI=1S/C17H18FN5O3S/c1-12-10-13(21-26-12)11-23-16(14-4-2-3-5-15(14)18)19-20-17(23)22-6-8-27(24,25)9-7-22/h2-5,10H,6-9,11H2,1H3. The van der Waals surface area contributed by atoms with Gasteiger partial charge >= 0.3 is 0 Å². The van der Waals surface area contributed by atoms with E-state index in [9.17, 15) is 12.8 Å². The highest BCUT2D eigenvalue weighted by Gasteiger charge is 2.27. The van der Waals surface area contributed by atoms with E-state index in [-0.39, 0.29) is 18.1 Å². The van der Waals surface area contributed by atoms with Crippen LogP contribution in [0.25, 0.3) is 11.4 Å². The number of anilines is 1. The van der Waals surface area contributed by atoms with Crippen LogP contribution in [0.15, 0.2) is 34.9 Å². The van der Waals surface area contributed by atoms with Crippen LogP contribution < -0.4 is 4.90 Å². The summed E-state index contributed by atoms with van der Waals surface area (Å²) in [5.74, 6) is 1.21. The van der Waals surface area contributed by atoms with Crippen molar-refractivity contribution in [3.05, 3.63) is 47.6 Å². The smallest absolute Gasteiger partial charge is 0.227 e. The van der Waals surface area contributed by atoms with Crippen LogP contribution in [0.2, 0.25) is 0 Å². The summed E-state index contributed by atoms with van der Waals surface area (Å²) in [5.41, 5.74) is 0.969. The molecule has 3 aromatic rings. The number of halogens is 1. The van der Waals surface area contributed by atoms with Crippen LogP contribution in [0.5, 0.6) is 0 Å². The molecule has 1 aliphatic heterocycles. The zero-order valence-corrected chi connectivity index (χ0v) is 15.5. The van der Waals surface area contributed by atoms with Crippen LogP contribution in [-0.4, -0.2) is 52.9 Å². The molecule has 1 aromatic carbocycles. The molecule has 1 fully saturated rings. The lowest BCUT2D eigenvalue weighted by molar-refractivity contribution is 0.389. The van der Waals surface area contributed by atoms with Crippen LogP contribution in [-0.2, 0) is 16.4 Å². The van der Waals surface area contributed by atoms with Gasteiger partial charge in [0.25, 0.3) is 0 Å². The number of rotatable bonds is 4. The first kappa shape index (κ1) is 17.7. The van der Waals surface area contributed by atoms with Gasteiger partial charge < -0.3 is 9.42 Å². The summed E-state index contributed by atoms with van der Waals surface area (Å²) in [6, 6.07) is 8.12. The van der Waals surface area contributed by atoms with Gasteiger partial charge in [-0.3, -0.25) is 4.57 Å². The normalized spacial score (nSPS) is 16.6. The van der Waals surface area contributed by atoms with Crippen LogP contribution in [0.1, 0.15) is 11.5 Å². The average molecular weight is 391 g/mol. The van der Waals surface area contributed by atoms with Crippen molar-refractivity contribution in [2.24, 2.45) is 0 Å². The Balaban J connectivity index is 1.76. The van der Waals surface area contributed by atoms with E-state index in [1.807, 2.05) is 4.90 Å². The molecular weight excluding hydrogens is 373 g/mol. The van der Waals surface area contributed by atoms with Crippen molar-refractivity contribution < 1.29 is 17.3 Å².